The first-order chi connectivity index (χ1) is 11.1. The lowest BCUT2D eigenvalue weighted by Gasteiger charge is -2.12. The van der Waals surface area contributed by atoms with Crippen LogP contribution in [0.25, 0.3) is 0 Å². The summed E-state index contributed by atoms with van der Waals surface area (Å²) in [6.45, 7) is 4.42. The van der Waals surface area contributed by atoms with Gasteiger partial charge in [-0.2, -0.15) is 10.4 Å². The second-order valence-electron chi connectivity index (χ2n) is 5.09. The van der Waals surface area contributed by atoms with Gasteiger partial charge in [0.15, 0.2) is 5.82 Å². The second-order valence-corrected chi connectivity index (χ2v) is 5.09. The van der Waals surface area contributed by atoms with Crippen molar-refractivity contribution >= 4 is 11.7 Å². The fourth-order valence-electron chi connectivity index (χ4n) is 2.44. The van der Waals surface area contributed by atoms with Crippen LogP contribution in [0.1, 0.15) is 46.6 Å². The van der Waals surface area contributed by atoms with Crippen LogP contribution in [0.15, 0.2) is 24.3 Å². The Morgan fingerprint density at radius 3 is 2.70 bits per heavy atom. The largest absolute Gasteiger partial charge is 0.366 e. The van der Waals surface area contributed by atoms with E-state index in [1.54, 1.807) is 18.2 Å². The van der Waals surface area contributed by atoms with Gasteiger partial charge in [0.2, 0.25) is 5.91 Å². The molecule has 0 aliphatic carbocycles. The van der Waals surface area contributed by atoms with Crippen LogP contribution in [0.4, 0.5) is 5.82 Å². The van der Waals surface area contributed by atoms with Gasteiger partial charge in [-0.25, -0.2) is 0 Å². The molecule has 0 unspecified atom stereocenters. The van der Waals surface area contributed by atoms with Crippen molar-refractivity contribution in [3.63, 3.8) is 0 Å². The van der Waals surface area contributed by atoms with E-state index in [0.29, 0.717) is 23.5 Å². The Labute approximate surface area is 135 Å². The highest BCUT2D eigenvalue weighted by Gasteiger charge is 2.14. The van der Waals surface area contributed by atoms with E-state index in [1.165, 1.54) is 0 Å². The van der Waals surface area contributed by atoms with Crippen LogP contribution in [0.2, 0.25) is 0 Å². The maximum Gasteiger partial charge on any atom is 0.248 e. The van der Waals surface area contributed by atoms with Crippen molar-refractivity contribution in [3.8, 4) is 6.07 Å². The first-order valence-corrected chi connectivity index (χ1v) is 7.51. The monoisotopic (exact) mass is 309 g/mol. The molecular weight excluding hydrogens is 290 g/mol. The predicted molar refractivity (Wildman–Crippen MR) is 87.8 cm³/mol. The van der Waals surface area contributed by atoms with Gasteiger partial charge in [-0.1, -0.05) is 26.0 Å². The number of hydrogen-bond donors (Lipinski definition) is 2. The molecule has 1 heterocycles. The molecule has 0 saturated carbocycles. The molecule has 0 atom stereocenters. The van der Waals surface area contributed by atoms with Crippen molar-refractivity contribution in [3.05, 3.63) is 52.2 Å². The van der Waals surface area contributed by atoms with E-state index in [9.17, 15) is 10.1 Å². The number of carbonyl (C=O) groups excluding carboxylic acids is 1. The van der Waals surface area contributed by atoms with Gasteiger partial charge in [0.05, 0.1) is 5.69 Å². The zero-order valence-electron chi connectivity index (χ0n) is 13.3. The number of nitrogens with two attached hydrogens (primary N) is 1. The molecule has 0 bridgehead atoms. The minimum Gasteiger partial charge on any atom is -0.366 e. The topological polar surface area (TPSA) is 105 Å². The minimum absolute atomic E-state index is 0.430. The molecule has 0 fully saturated rings. The molecule has 1 aromatic heterocycles. The number of aryl methyl sites for hydroxylation is 1. The van der Waals surface area contributed by atoms with E-state index in [2.05, 4.69) is 21.6 Å². The van der Waals surface area contributed by atoms with Crippen LogP contribution in [-0.4, -0.2) is 16.1 Å². The predicted octanol–water partition coefficient (Wildman–Crippen LogP) is 2.18. The SMILES string of the molecule is CCc1nnc(NCc2cccc(C(N)=O)c2)c(C#N)c1CC. The maximum atomic E-state index is 11.2. The van der Waals surface area contributed by atoms with Crippen LogP contribution in [0.5, 0.6) is 0 Å². The highest BCUT2D eigenvalue weighted by atomic mass is 16.1. The van der Waals surface area contributed by atoms with Gasteiger partial charge in [-0.05, 0) is 36.1 Å². The minimum atomic E-state index is -0.468. The standard InChI is InChI=1S/C17H19N5O/c1-3-13-14(9-18)17(22-21-15(13)4-2)20-10-11-6-5-7-12(8-11)16(19)23/h5-8H,3-4,10H2,1-2H3,(H2,19,23)(H,20,22). The number of nitrogens with zero attached hydrogens (tertiary/aromatic N) is 3. The molecule has 2 rings (SSSR count). The van der Waals surface area contributed by atoms with Crippen LogP contribution in [-0.2, 0) is 19.4 Å². The molecule has 23 heavy (non-hydrogen) atoms. The third-order valence-electron chi connectivity index (χ3n) is 3.63. The van der Waals surface area contributed by atoms with Crippen molar-refractivity contribution in [2.24, 2.45) is 5.73 Å². The molecule has 0 radical (unpaired) electrons. The average Bonchev–Trinajstić information content (AvgIpc) is 2.58. The van der Waals surface area contributed by atoms with Crippen molar-refractivity contribution < 1.29 is 4.79 Å². The van der Waals surface area contributed by atoms with E-state index >= 15 is 0 Å². The fourth-order valence-corrected chi connectivity index (χ4v) is 2.44. The van der Waals surface area contributed by atoms with E-state index < -0.39 is 5.91 Å². The fraction of sp³-hybridized carbons (Fsp3) is 0.294. The van der Waals surface area contributed by atoms with Crippen molar-refractivity contribution in [1.29, 1.82) is 5.26 Å². The van der Waals surface area contributed by atoms with E-state index in [1.807, 2.05) is 19.9 Å². The molecule has 1 amide bonds. The average molecular weight is 309 g/mol. The zero-order chi connectivity index (χ0) is 16.8. The molecule has 6 nitrogen and oxygen atoms in total. The molecule has 1 aromatic carbocycles. The molecule has 0 aliphatic rings. The highest BCUT2D eigenvalue weighted by molar-refractivity contribution is 5.92. The Kier molecular flexibility index (Phi) is 5.26. The Morgan fingerprint density at radius 1 is 1.30 bits per heavy atom. The van der Waals surface area contributed by atoms with Gasteiger partial charge in [0.1, 0.15) is 11.6 Å². The Hall–Kier alpha value is -2.94. The number of rotatable bonds is 6. The summed E-state index contributed by atoms with van der Waals surface area (Å²) < 4.78 is 0. The lowest BCUT2D eigenvalue weighted by atomic mass is 10.0. The quantitative estimate of drug-likeness (QED) is 0.851. The number of anilines is 1. The number of hydrogen-bond acceptors (Lipinski definition) is 5. The number of primary amides is 1. The van der Waals surface area contributed by atoms with Gasteiger partial charge in [-0.15, -0.1) is 5.10 Å². The van der Waals surface area contributed by atoms with Crippen LogP contribution in [0, 0.1) is 11.3 Å². The Morgan fingerprint density at radius 2 is 2.09 bits per heavy atom. The summed E-state index contributed by atoms with van der Waals surface area (Å²) in [5.74, 6) is -0.00375. The summed E-state index contributed by atoms with van der Waals surface area (Å²) in [4.78, 5) is 11.2. The van der Waals surface area contributed by atoms with E-state index in [-0.39, 0.29) is 0 Å². The molecule has 6 heteroatoms. The summed E-state index contributed by atoms with van der Waals surface area (Å²) in [6, 6.07) is 9.24. The third kappa shape index (κ3) is 3.64. The van der Waals surface area contributed by atoms with Crippen molar-refractivity contribution in [2.75, 3.05) is 5.32 Å². The number of carbonyl (C=O) groups is 1. The second kappa shape index (κ2) is 7.36. The number of amides is 1. The molecule has 118 valence electrons. The highest BCUT2D eigenvalue weighted by Crippen LogP contribution is 2.20. The smallest absolute Gasteiger partial charge is 0.248 e. The molecule has 0 spiro atoms. The third-order valence-corrected chi connectivity index (χ3v) is 3.63. The summed E-state index contributed by atoms with van der Waals surface area (Å²) in [6.07, 6.45) is 1.47. The maximum absolute atomic E-state index is 11.2. The Balaban J connectivity index is 2.26. The number of nitriles is 1. The number of benzene rings is 1. The molecular formula is C17H19N5O. The van der Waals surface area contributed by atoms with Gasteiger partial charge in [0, 0.05) is 12.1 Å². The van der Waals surface area contributed by atoms with Gasteiger partial charge < -0.3 is 11.1 Å². The number of aromatic nitrogens is 2. The lowest BCUT2D eigenvalue weighted by Crippen LogP contribution is -2.12. The lowest BCUT2D eigenvalue weighted by molar-refractivity contribution is 0.1000. The first kappa shape index (κ1) is 16.4. The van der Waals surface area contributed by atoms with Gasteiger partial charge in [0.25, 0.3) is 0 Å². The van der Waals surface area contributed by atoms with Crippen LogP contribution < -0.4 is 11.1 Å². The van der Waals surface area contributed by atoms with E-state index in [4.69, 9.17) is 5.73 Å². The number of nitrogens with one attached hydrogen (secondary N) is 1. The van der Waals surface area contributed by atoms with Crippen LogP contribution in [0.3, 0.4) is 0 Å². The summed E-state index contributed by atoms with van der Waals surface area (Å²) in [5, 5.41) is 20.9. The van der Waals surface area contributed by atoms with Gasteiger partial charge in [-0.3, -0.25) is 4.79 Å². The van der Waals surface area contributed by atoms with Crippen molar-refractivity contribution in [1.82, 2.24) is 10.2 Å². The summed E-state index contributed by atoms with van der Waals surface area (Å²) in [5.41, 5.74) is 8.92. The molecule has 0 aliphatic heterocycles. The molecule has 0 saturated heterocycles. The van der Waals surface area contributed by atoms with Crippen LogP contribution >= 0.6 is 0 Å². The van der Waals surface area contributed by atoms with E-state index in [0.717, 1.165) is 29.7 Å². The zero-order valence-corrected chi connectivity index (χ0v) is 13.3. The first-order valence-electron chi connectivity index (χ1n) is 7.51. The summed E-state index contributed by atoms with van der Waals surface area (Å²) >= 11 is 0. The Bertz CT molecular complexity index is 764. The van der Waals surface area contributed by atoms with Gasteiger partial charge >= 0.3 is 0 Å². The summed E-state index contributed by atoms with van der Waals surface area (Å²) in [7, 11) is 0. The normalized spacial score (nSPS) is 10.1. The molecule has 3 N–H and O–H groups in total. The molecule has 2 aromatic rings. The van der Waals surface area contributed by atoms with Crippen molar-refractivity contribution in [2.45, 2.75) is 33.2 Å².